The molecule has 0 saturated carbocycles. The molecule has 0 bridgehead atoms. The van der Waals surface area contributed by atoms with Gasteiger partial charge in [0, 0.05) is 25.7 Å². The number of halogens is 1. The van der Waals surface area contributed by atoms with E-state index in [0.29, 0.717) is 56.3 Å². The first-order chi connectivity index (χ1) is 14.5. The number of anilines is 4. The predicted molar refractivity (Wildman–Crippen MR) is 111 cm³/mol. The lowest BCUT2D eigenvalue weighted by Gasteiger charge is -2.33. The number of aliphatic hydroxyl groups is 1. The number of piperidine rings is 1. The van der Waals surface area contributed by atoms with Gasteiger partial charge in [-0.25, -0.2) is 9.37 Å². The van der Waals surface area contributed by atoms with Gasteiger partial charge in [-0.15, -0.1) is 0 Å². The van der Waals surface area contributed by atoms with Gasteiger partial charge in [0.25, 0.3) is 0 Å². The standard InChI is InChI=1S/C20H24FN5O4/c21-18-13-30-12-11-25(18)16-4-2-1-3-15(16)22-20-17(26(28)29)5-6-19(23-20)24-9-7-14(27)8-10-24/h1-6,14,18,27H,7-13H2,(H,22,23). The molecule has 2 N–H and O–H groups in total. The summed E-state index contributed by atoms with van der Waals surface area (Å²) in [7, 11) is 0. The molecule has 4 rings (SSSR count). The van der Waals surface area contributed by atoms with Gasteiger partial charge in [0.2, 0.25) is 5.82 Å². The van der Waals surface area contributed by atoms with Crippen molar-refractivity contribution in [2.45, 2.75) is 25.2 Å². The third kappa shape index (κ3) is 4.29. The number of morpholine rings is 1. The van der Waals surface area contributed by atoms with E-state index in [2.05, 4.69) is 10.3 Å². The number of nitrogens with zero attached hydrogens (tertiary/aromatic N) is 4. The Morgan fingerprint density at radius 1 is 1.20 bits per heavy atom. The van der Waals surface area contributed by atoms with Gasteiger partial charge in [-0.1, -0.05) is 12.1 Å². The van der Waals surface area contributed by atoms with Gasteiger partial charge in [-0.05, 0) is 31.0 Å². The fourth-order valence-electron chi connectivity index (χ4n) is 3.75. The average molecular weight is 417 g/mol. The number of alkyl halides is 1. The highest BCUT2D eigenvalue weighted by Gasteiger charge is 2.26. The van der Waals surface area contributed by atoms with Crippen LogP contribution in [0.4, 0.5) is 33.1 Å². The fraction of sp³-hybridized carbons (Fsp3) is 0.450. The van der Waals surface area contributed by atoms with Crippen LogP contribution in [-0.2, 0) is 4.74 Å². The van der Waals surface area contributed by atoms with Crippen molar-refractivity contribution in [3.63, 3.8) is 0 Å². The Morgan fingerprint density at radius 2 is 1.97 bits per heavy atom. The van der Waals surface area contributed by atoms with Crippen molar-refractivity contribution in [3.05, 3.63) is 46.5 Å². The third-order valence-electron chi connectivity index (χ3n) is 5.38. The molecule has 1 aromatic heterocycles. The molecular weight excluding hydrogens is 393 g/mol. The normalized spacial score (nSPS) is 20.3. The number of nitrogens with one attached hydrogen (secondary N) is 1. The number of para-hydroxylation sites is 2. The minimum absolute atomic E-state index is 0.0248. The minimum Gasteiger partial charge on any atom is -0.393 e. The van der Waals surface area contributed by atoms with Gasteiger partial charge >= 0.3 is 5.69 Å². The number of nitro groups is 1. The van der Waals surface area contributed by atoms with Crippen LogP contribution in [0.15, 0.2) is 36.4 Å². The van der Waals surface area contributed by atoms with Gasteiger partial charge < -0.3 is 25.0 Å². The zero-order chi connectivity index (χ0) is 21.1. The van der Waals surface area contributed by atoms with Gasteiger partial charge in [-0.2, -0.15) is 0 Å². The van der Waals surface area contributed by atoms with Crippen LogP contribution in [0.5, 0.6) is 0 Å². The summed E-state index contributed by atoms with van der Waals surface area (Å²) in [5.41, 5.74) is 0.962. The number of pyridine rings is 1. The summed E-state index contributed by atoms with van der Waals surface area (Å²) >= 11 is 0. The minimum atomic E-state index is -1.30. The Bertz CT molecular complexity index is 907. The van der Waals surface area contributed by atoms with E-state index in [-0.39, 0.29) is 24.2 Å². The molecule has 9 nitrogen and oxygen atoms in total. The molecule has 2 aromatic rings. The quantitative estimate of drug-likeness (QED) is 0.435. The molecule has 0 radical (unpaired) electrons. The molecule has 2 fully saturated rings. The largest absolute Gasteiger partial charge is 0.393 e. The number of aromatic nitrogens is 1. The Labute approximate surface area is 173 Å². The van der Waals surface area contributed by atoms with Crippen LogP contribution in [0.2, 0.25) is 0 Å². The summed E-state index contributed by atoms with van der Waals surface area (Å²) in [4.78, 5) is 19.1. The molecule has 10 heteroatoms. The summed E-state index contributed by atoms with van der Waals surface area (Å²) in [6.07, 6.45) is -0.375. The SMILES string of the molecule is O=[N+]([O-])c1ccc(N2CCC(O)CC2)nc1Nc1ccccc1N1CCOCC1F. The van der Waals surface area contributed by atoms with E-state index in [4.69, 9.17) is 4.74 Å². The number of ether oxygens (including phenoxy) is 1. The van der Waals surface area contributed by atoms with Crippen LogP contribution in [0, 0.1) is 10.1 Å². The summed E-state index contributed by atoms with van der Waals surface area (Å²) in [5, 5.41) is 24.3. The van der Waals surface area contributed by atoms with Gasteiger partial charge in [-0.3, -0.25) is 10.1 Å². The first kappa shape index (κ1) is 20.3. The van der Waals surface area contributed by atoms with Crippen LogP contribution in [0.3, 0.4) is 0 Å². The fourth-order valence-corrected chi connectivity index (χ4v) is 3.75. The first-order valence-corrected chi connectivity index (χ1v) is 9.96. The van der Waals surface area contributed by atoms with E-state index < -0.39 is 11.2 Å². The molecule has 1 atom stereocenters. The van der Waals surface area contributed by atoms with Crippen molar-refractivity contribution >= 4 is 28.7 Å². The maximum absolute atomic E-state index is 14.4. The van der Waals surface area contributed by atoms with E-state index in [0.717, 1.165) is 0 Å². The lowest BCUT2D eigenvalue weighted by molar-refractivity contribution is -0.384. The molecule has 0 amide bonds. The Morgan fingerprint density at radius 3 is 2.70 bits per heavy atom. The smallest absolute Gasteiger partial charge is 0.311 e. The summed E-state index contributed by atoms with van der Waals surface area (Å²) in [5.74, 6) is 0.696. The van der Waals surface area contributed by atoms with Crippen LogP contribution in [-0.4, -0.2) is 60.3 Å². The van der Waals surface area contributed by atoms with Crippen molar-refractivity contribution in [1.82, 2.24) is 4.98 Å². The number of benzene rings is 1. The van der Waals surface area contributed by atoms with Crippen molar-refractivity contribution in [2.24, 2.45) is 0 Å². The lowest BCUT2D eigenvalue weighted by atomic mass is 10.1. The van der Waals surface area contributed by atoms with Crippen LogP contribution in [0.25, 0.3) is 0 Å². The van der Waals surface area contributed by atoms with Gasteiger partial charge in [0.1, 0.15) is 5.82 Å². The number of hydrogen-bond donors (Lipinski definition) is 2. The molecule has 0 aliphatic carbocycles. The topological polar surface area (TPSA) is 104 Å². The van der Waals surface area contributed by atoms with Crippen LogP contribution >= 0.6 is 0 Å². The van der Waals surface area contributed by atoms with Crippen molar-refractivity contribution in [1.29, 1.82) is 0 Å². The molecule has 2 aliphatic rings. The second-order valence-corrected chi connectivity index (χ2v) is 7.36. The molecule has 0 spiro atoms. The lowest BCUT2D eigenvalue weighted by Crippen LogP contribution is -2.43. The molecule has 160 valence electrons. The first-order valence-electron chi connectivity index (χ1n) is 9.96. The number of aliphatic hydroxyl groups excluding tert-OH is 1. The summed E-state index contributed by atoms with van der Waals surface area (Å²) < 4.78 is 19.6. The van der Waals surface area contributed by atoms with Crippen LogP contribution < -0.4 is 15.1 Å². The molecule has 3 heterocycles. The van der Waals surface area contributed by atoms with E-state index >= 15 is 0 Å². The van der Waals surface area contributed by atoms with E-state index in [1.807, 2.05) is 4.90 Å². The molecular formula is C20H24FN5O4. The Kier molecular flexibility index (Phi) is 5.96. The Balaban J connectivity index is 1.65. The van der Waals surface area contributed by atoms with Crippen molar-refractivity contribution in [2.75, 3.05) is 48.0 Å². The van der Waals surface area contributed by atoms with Crippen molar-refractivity contribution in [3.8, 4) is 0 Å². The maximum atomic E-state index is 14.4. The highest BCUT2D eigenvalue weighted by molar-refractivity contribution is 5.78. The zero-order valence-corrected chi connectivity index (χ0v) is 16.4. The maximum Gasteiger partial charge on any atom is 0.311 e. The molecule has 30 heavy (non-hydrogen) atoms. The highest BCUT2D eigenvalue weighted by Crippen LogP contribution is 2.35. The summed E-state index contributed by atoms with van der Waals surface area (Å²) in [6.45, 7) is 2.01. The summed E-state index contributed by atoms with van der Waals surface area (Å²) in [6, 6.07) is 10.1. The zero-order valence-electron chi connectivity index (χ0n) is 16.4. The second kappa shape index (κ2) is 8.80. The van der Waals surface area contributed by atoms with E-state index in [1.54, 1.807) is 35.2 Å². The number of rotatable bonds is 5. The molecule has 1 aromatic carbocycles. The Hall–Kier alpha value is -2.98. The van der Waals surface area contributed by atoms with E-state index in [9.17, 15) is 19.6 Å². The monoisotopic (exact) mass is 417 g/mol. The van der Waals surface area contributed by atoms with Crippen LogP contribution in [0.1, 0.15) is 12.8 Å². The van der Waals surface area contributed by atoms with Gasteiger partial charge in [0.15, 0.2) is 6.30 Å². The third-order valence-corrected chi connectivity index (χ3v) is 5.38. The average Bonchev–Trinajstić information content (AvgIpc) is 2.75. The molecule has 2 aliphatic heterocycles. The van der Waals surface area contributed by atoms with Crippen molar-refractivity contribution < 1.29 is 19.2 Å². The van der Waals surface area contributed by atoms with Gasteiger partial charge in [0.05, 0.1) is 35.6 Å². The molecule has 2 saturated heterocycles. The number of hydrogen-bond acceptors (Lipinski definition) is 8. The van der Waals surface area contributed by atoms with E-state index in [1.165, 1.54) is 6.07 Å². The molecule has 1 unspecified atom stereocenters. The highest BCUT2D eigenvalue weighted by atomic mass is 19.1. The predicted octanol–water partition coefficient (Wildman–Crippen LogP) is 2.83. The second-order valence-electron chi connectivity index (χ2n) is 7.36.